The van der Waals surface area contributed by atoms with Crippen LogP contribution in [0.5, 0.6) is 11.5 Å². The van der Waals surface area contributed by atoms with Crippen molar-refractivity contribution < 1.29 is 18.7 Å². The molecule has 0 N–H and O–H groups in total. The van der Waals surface area contributed by atoms with Gasteiger partial charge in [-0.2, -0.15) is 5.26 Å². The first-order valence-corrected chi connectivity index (χ1v) is 10.8. The van der Waals surface area contributed by atoms with Crippen LogP contribution in [0.1, 0.15) is 17.9 Å². The summed E-state index contributed by atoms with van der Waals surface area (Å²) in [6, 6.07) is 12.0. The van der Waals surface area contributed by atoms with Crippen molar-refractivity contribution in [2.24, 2.45) is 0 Å². The normalized spacial score (nSPS) is 18.5. The highest BCUT2D eigenvalue weighted by atomic mass is 35.5. The SMILES string of the molecule is COc1ccc(N2CSC3=C(C#N)[C@H](c4c(F)cccc4Cl)CC(=O)N3C2)c(OC)c1. The number of benzene rings is 2. The summed E-state index contributed by atoms with van der Waals surface area (Å²) in [5.74, 6) is 0.363. The van der Waals surface area contributed by atoms with Crippen molar-refractivity contribution in [3.8, 4) is 17.6 Å². The molecule has 9 heteroatoms. The number of nitrogens with zero attached hydrogens (tertiary/aromatic N) is 3. The Balaban J connectivity index is 1.70. The standard InChI is InChI=1S/C22H19ClFN3O3S/c1-29-13-6-7-18(19(8-13)30-2)26-11-27-20(28)9-14(15(10-25)22(27)31-12-26)21-16(23)4-3-5-17(21)24/h3-8,14H,9,11-12H2,1-2H3/t14-/m1/s1. The van der Waals surface area contributed by atoms with Crippen LogP contribution in [0.2, 0.25) is 5.02 Å². The average Bonchev–Trinajstić information content (AvgIpc) is 2.78. The number of allylic oxidation sites excluding steroid dienone is 1. The zero-order chi connectivity index (χ0) is 22.1. The highest BCUT2D eigenvalue weighted by Crippen LogP contribution is 2.46. The van der Waals surface area contributed by atoms with Gasteiger partial charge < -0.3 is 14.4 Å². The van der Waals surface area contributed by atoms with E-state index in [0.29, 0.717) is 28.0 Å². The highest BCUT2D eigenvalue weighted by molar-refractivity contribution is 8.03. The molecule has 0 bridgehead atoms. The summed E-state index contributed by atoms with van der Waals surface area (Å²) < 4.78 is 25.3. The summed E-state index contributed by atoms with van der Waals surface area (Å²) >= 11 is 7.59. The van der Waals surface area contributed by atoms with Crippen LogP contribution in [0, 0.1) is 17.1 Å². The molecule has 0 aliphatic carbocycles. The van der Waals surface area contributed by atoms with E-state index in [1.807, 2.05) is 17.0 Å². The topological polar surface area (TPSA) is 65.8 Å². The number of carbonyl (C=O) groups excluding carboxylic acids is 1. The van der Waals surface area contributed by atoms with Crippen molar-refractivity contribution in [2.45, 2.75) is 12.3 Å². The van der Waals surface area contributed by atoms with Gasteiger partial charge >= 0.3 is 0 Å². The quantitative estimate of drug-likeness (QED) is 0.659. The number of carbonyl (C=O) groups is 1. The molecule has 4 rings (SSSR count). The Labute approximate surface area is 188 Å². The van der Waals surface area contributed by atoms with Gasteiger partial charge in [0, 0.05) is 29.0 Å². The summed E-state index contributed by atoms with van der Waals surface area (Å²) in [4.78, 5) is 16.6. The number of amides is 1. The number of halogens is 2. The number of anilines is 1. The largest absolute Gasteiger partial charge is 0.497 e. The van der Waals surface area contributed by atoms with E-state index in [0.717, 1.165) is 5.69 Å². The number of rotatable bonds is 4. The fourth-order valence-electron chi connectivity index (χ4n) is 3.85. The lowest BCUT2D eigenvalue weighted by Gasteiger charge is -2.42. The Kier molecular flexibility index (Phi) is 5.99. The van der Waals surface area contributed by atoms with Gasteiger partial charge in [0.15, 0.2) is 0 Å². The molecule has 2 heterocycles. The van der Waals surface area contributed by atoms with Gasteiger partial charge in [-0.1, -0.05) is 29.4 Å². The van der Waals surface area contributed by atoms with E-state index in [1.54, 1.807) is 31.3 Å². The lowest BCUT2D eigenvalue weighted by molar-refractivity contribution is -0.129. The molecule has 2 aliphatic heterocycles. The smallest absolute Gasteiger partial charge is 0.229 e. The maximum absolute atomic E-state index is 14.5. The van der Waals surface area contributed by atoms with E-state index in [9.17, 15) is 14.4 Å². The molecule has 1 atom stereocenters. The number of ether oxygens (including phenoxy) is 2. The van der Waals surface area contributed by atoms with Crippen LogP contribution in [-0.2, 0) is 4.79 Å². The fourth-order valence-corrected chi connectivity index (χ4v) is 5.30. The lowest BCUT2D eigenvalue weighted by atomic mass is 9.86. The molecule has 0 saturated carbocycles. The molecule has 160 valence electrons. The second-order valence-corrected chi connectivity index (χ2v) is 8.38. The van der Waals surface area contributed by atoms with Crippen LogP contribution in [0.3, 0.4) is 0 Å². The Hall–Kier alpha value is -2.89. The van der Waals surface area contributed by atoms with E-state index < -0.39 is 11.7 Å². The molecule has 0 unspecified atom stereocenters. The molecule has 1 fully saturated rings. The van der Waals surface area contributed by atoms with Crippen molar-refractivity contribution in [3.05, 3.63) is 63.4 Å². The van der Waals surface area contributed by atoms with Crippen LogP contribution >= 0.6 is 23.4 Å². The Morgan fingerprint density at radius 1 is 1.26 bits per heavy atom. The van der Waals surface area contributed by atoms with Crippen molar-refractivity contribution in [1.82, 2.24) is 4.90 Å². The number of hydrogen-bond donors (Lipinski definition) is 0. The van der Waals surface area contributed by atoms with E-state index in [-0.39, 0.29) is 29.6 Å². The molecule has 2 aromatic rings. The minimum absolute atomic E-state index is 0.0266. The van der Waals surface area contributed by atoms with E-state index in [4.69, 9.17) is 21.1 Å². The lowest BCUT2D eigenvalue weighted by Crippen LogP contribution is -2.47. The van der Waals surface area contributed by atoms with Gasteiger partial charge in [-0.05, 0) is 24.3 Å². The van der Waals surface area contributed by atoms with Crippen molar-refractivity contribution in [2.75, 3.05) is 31.7 Å². The monoisotopic (exact) mass is 459 g/mol. The second kappa shape index (κ2) is 8.69. The van der Waals surface area contributed by atoms with Crippen molar-refractivity contribution in [1.29, 1.82) is 5.26 Å². The molecule has 1 amide bonds. The molecule has 0 aromatic heterocycles. The van der Waals surface area contributed by atoms with Crippen LogP contribution < -0.4 is 14.4 Å². The predicted molar refractivity (Wildman–Crippen MR) is 118 cm³/mol. The van der Waals surface area contributed by atoms with Crippen LogP contribution in [0.25, 0.3) is 0 Å². The van der Waals surface area contributed by atoms with Crippen LogP contribution in [-0.4, -0.2) is 37.6 Å². The zero-order valence-electron chi connectivity index (χ0n) is 16.9. The average molecular weight is 460 g/mol. The minimum atomic E-state index is -0.702. The van der Waals surface area contributed by atoms with Crippen LogP contribution in [0.15, 0.2) is 47.0 Å². The van der Waals surface area contributed by atoms with Crippen molar-refractivity contribution in [3.63, 3.8) is 0 Å². The summed E-state index contributed by atoms with van der Waals surface area (Å²) in [5, 5.41) is 10.6. The highest BCUT2D eigenvalue weighted by Gasteiger charge is 2.40. The first-order chi connectivity index (χ1) is 15.0. The molecule has 31 heavy (non-hydrogen) atoms. The van der Waals surface area contributed by atoms with Crippen molar-refractivity contribution >= 4 is 35.0 Å². The number of nitriles is 1. The van der Waals surface area contributed by atoms with Gasteiger partial charge in [0.25, 0.3) is 0 Å². The first-order valence-electron chi connectivity index (χ1n) is 9.46. The third-order valence-electron chi connectivity index (χ3n) is 5.37. The number of methoxy groups -OCH3 is 2. The Morgan fingerprint density at radius 2 is 2.06 bits per heavy atom. The first kappa shape index (κ1) is 21.3. The van der Waals surface area contributed by atoms with E-state index >= 15 is 0 Å². The maximum atomic E-state index is 14.5. The molecule has 6 nitrogen and oxygen atoms in total. The number of thioether (sulfide) groups is 1. The second-order valence-electron chi connectivity index (χ2n) is 7.04. The molecular formula is C22H19ClFN3O3S. The Morgan fingerprint density at radius 3 is 2.74 bits per heavy atom. The molecular weight excluding hydrogens is 441 g/mol. The van der Waals surface area contributed by atoms with Gasteiger partial charge in [-0.3, -0.25) is 9.69 Å². The number of fused-ring (bicyclic) bond motifs is 1. The summed E-state index contributed by atoms with van der Waals surface area (Å²) in [6.45, 7) is 0.257. The molecule has 1 saturated heterocycles. The Bertz CT molecular complexity index is 1100. The predicted octanol–water partition coefficient (Wildman–Crippen LogP) is 4.72. The minimum Gasteiger partial charge on any atom is -0.497 e. The summed E-state index contributed by atoms with van der Waals surface area (Å²) in [6.07, 6.45) is -0.0266. The molecule has 0 spiro atoms. The van der Waals surface area contributed by atoms with Gasteiger partial charge in [-0.15, -0.1) is 0 Å². The van der Waals surface area contributed by atoms with Gasteiger partial charge in [0.1, 0.15) is 17.3 Å². The van der Waals surface area contributed by atoms with Gasteiger partial charge in [0.2, 0.25) is 5.91 Å². The van der Waals surface area contributed by atoms with Crippen LogP contribution in [0.4, 0.5) is 10.1 Å². The van der Waals surface area contributed by atoms with Gasteiger partial charge in [-0.25, -0.2) is 4.39 Å². The fraction of sp³-hybridized carbons (Fsp3) is 0.273. The third-order valence-corrected chi connectivity index (χ3v) is 6.85. The number of hydrogen-bond acceptors (Lipinski definition) is 6. The molecule has 0 radical (unpaired) electrons. The third kappa shape index (κ3) is 3.80. The summed E-state index contributed by atoms with van der Waals surface area (Å²) in [5.41, 5.74) is 1.36. The molecule has 2 aliphatic rings. The van der Waals surface area contributed by atoms with E-state index in [2.05, 4.69) is 6.07 Å². The molecule has 2 aromatic carbocycles. The zero-order valence-corrected chi connectivity index (χ0v) is 18.5. The van der Waals surface area contributed by atoms with E-state index in [1.165, 1.54) is 23.9 Å². The maximum Gasteiger partial charge on any atom is 0.229 e. The van der Waals surface area contributed by atoms with Gasteiger partial charge in [0.05, 0.1) is 49.1 Å². The summed E-state index contributed by atoms with van der Waals surface area (Å²) in [7, 11) is 3.15.